The van der Waals surface area contributed by atoms with Crippen LogP contribution in [-0.2, 0) is 5.41 Å². The number of hydrogen-bond acceptors (Lipinski definition) is 3. The van der Waals surface area contributed by atoms with Crippen LogP contribution in [0.5, 0.6) is 0 Å². The Labute approximate surface area is 113 Å². The van der Waals surface area contributed by atoms with Gasteiger partial charge in [0.05, 0.1) is 5.52 Å². The quantitative estimate of drug-likeness (QED) is 0.885. The minimum Gasteiger partial charge on any atom is -0.396 e. The molecule has 19 heavy (non-hydrogen) atoms. The molecule has 0 aliphatic carbocycles. The largest absolute Gasteiger partial charge is 0.396 e. The molecule has 1 aromatic carbocycles. The summed E-state index contributed by atoms with van der Waals surface area (Å²) in [5, 5.41) is 14.0. The lowest BCUT2D eigenvalue weighted by Gasteiger charge is -2.37. The minimum atomic E-state index is 0.0457. The van der Waals surface area contributed by atoms with E-state index in [1.54, 1.807) is 0 Å². The summed E-state index contributed by atoms with van der Waals surface area (Å²) in [5.41, 5.74) is 2.24. The number of rotatable bonds is 3. The predicted molar refractivity (Wildman–Crippen MR) is 77.2 cm³/mol. The Kier molecular flexibility index (Phi) is 3.49. The van der Waals surface area contributed by atoms with E-state index in [1.807, 2.05) is 12.1 Å². The number of benzene rings is 1. The first kappa shape index (κ1) is 12.6. The Morgan fingerprint density at radius 2 is 1.89 bits per heavy atom. The average molecular weight is 256 g/mol. The summed E-state index contributed by atoms with van der Waals surface area (Å²) in [6, 6.07) is 12.5. The van der Waals surface area contributed by atoms with Crippen molar-refractivity contribution in [2.24, 2.45) is 0 Å². The normalized spacial score (nSPS) is 18.6. The molecule has 1 aliphatic heterocycles. The summed E-state index contributed by atoms with van der Waals surface area (Å²) in [7, 11) is 0. The van der Waals surface area contributed by atoms with Gasteiger partial charge in [-0.3, -0.25) is 4.98 Å². The van der Waals surface area contributed by atoms with Crippen LogP contribution in [0.3, 0.4) is 0 Å². The fourth-order valence-corrected chi connectivity index (χ4v) is 3.11. The van der Waals surface area contributed by atoms with Crippen molar-refractivity contribution in [1.82, 2.24) is 10.3 Å². The van der Waals surface area contributed by atoms with Crippen LogP contribution in [0.2, 0.25) is 0 Å². The lowest BCUT2D eigenvalue weighted by Crippen LogP contribution is -2.41. The van der Waals surface area contributed by atoms with Crippen LogP contribution >= 0.6 is 0 Å². The summed E-state index contributed by atoms with van der Waals surface area (Å²) in [6.07, 6.45) is 2.91. The number of aromatic nitrogens is 1. The molecule has 1 saturated heterocycles. The molecule has 3 nitrogen and oxygen atoms in total. The van der Waals surface area contributed by atoms with E-state index in [0.29, 0.717) is 0 Å². The maximum Gasteiger partial charge on any atom is 0.0705 e. The van der Waals surface area contributed by atoms with E-state index >= 15 is 0 Å². The SMILES string of the molecule is OCCC1(c2ccc3ccccc3n2)CCNCC1. The molecule has 3 rings (SSSR count). The smallest absolute Gasteiger partial charge is 0.0705 e. The summed E-state index contributed by atoms with van der Waals surface area (Å²) in [6.45, 7) is 2.25. The number of aliphatic hydroxyl groups excluding tert-OH is 1. The third-order valence-electron chi connectivity index (χ3n) is 4.29. The molecule has 0 radical (unpaired) electrons. The average Bonchev–Trinajstić information content (AvgIpc) is 2.48. The number of nitrogens with one attached hydrogen (secondary N) is 1. The number of pyridine rings is 1. The fraction of sp³-hybridized carbons (Fsp3) is 0.438. The Balaban J connectivity index is 2.04. The fourth-order valence-electron chi connectivity index (χ4n) is 3.11. The Morgan fingerprint density at radius 1 is 1.11 bits per heavy atom. The van der Waals surface area contributed by atoms with Gasteiger partial charge in [0.25, 0.3) is 0 Å². The zero-order valence-electron chi connectivity index (χ0n) is 11.1. The molecular formula is C16H20N2O. The second-order valence-corrected chi connectivity index (χ2v) is 5.39. The van der Waals surface area contributed by atoms with Gasteiger partial charge in [0.15, 0.2) is 0 Å². The van der Waals surface area contributed by atoms with Crippen LogP contribution in [0.25, 0.3) is 10.9 Å². The highest BCUT2D eigenvalue weighted by Gasteiger charge is 2.34. The maximum absolute atomic E-state index is 9.41. The number of piperidine rings is 1. The topological polar surface area (TPSA) is 45.2 Å². The molecule has 0 spiro atoms. The summed E-state index contributed by atoms with van der Waals surface area (Å²) < 4.78 is 0. The molecule has 0 saturated carbocycles. The molecule has 1 fully saturated rings. The van der Waals surface area contributed by atoms with Crippen molar-refractivity contribution in [1.29, 1.82) is 0 Å². The van der Waals surface area contributed by atoms with Gasteiger partial charge in [-0.2, -0.15) is 0 Å². The van der Waals surface area contributed by atoms with E-state index < -0.39 is 0 Å². The van der Waals surface area contributed by atoms with Gasteiger partial charge in [-0.25, -0.2) is 0 Å². The molecule has 3 heteroatoms. The van der Waals surface area contributed by atoms with Gasteiger partial charge in [-0.1, -0.05) is 24.3 Å². The number of nitrogens with zero attached hydrogens (tertiary/aromatic N) is 1. The first-order valence-electron chi connectivity index (χ1n) is 7.02. The zero-order chi connectivity index (χ0) is 13.1. The summed E-state index contributed by atoms with van der Waals surface area (Å²) in [5.74, 6) is 0. The van der Waals surface area contributed by atoms with E-state index in [0.717, 1.165) is 43.6 Å². The third-order valence-corrected chi connectivity index (χ3v) is 4.29. The standard InChI is InChI=1S/C16H20N2O/c19-12-9-16(7-10-17-11-8-16)15-6-5-13-3-1-2-4-14(13)18-15/h1-6,17,19H,7-12H2. The van der Waals surface area contributed by atoms with Crippen molar-refractivity contribution in [2.45, 2.75) is 24.7 Å². The van der Waals surface area contributed by atoms with Crippen molar-refractivity contribution < 1.29 is 5.11 Å². The van der Waals surface area contributed by atoms with E-state index in [1.165, 1.54) is 5.39 Å². The van der Waals surface area contributed by atoms with Crippen LogP contribution in [0.15, 0.2) is 36.4 Å². The molecule has 2 heterocycles. The summed E-state index contributed by atoms with van der Waals surface area (Å²) in [4.78, 5) is 4.85. The molecule has 0 bridgehead atoms. The molecule has 0 unspecified atom stereocenters. The van der Waals surface area contributed by atoms with E-state index in [2.05, 4.69) is 29.6 Å². The van der Waals surface area contributed by atoms with E-state index in [9.17, 15) is 5.11 Å². The second kappa shape index (κ2) is 5.27. The number of para-hydroxylation sites is 1. The highest BCUT2D eigenvalue weighted by molar-refractivity contribution is 5.78. The number of aliphatic hydroxyl groups is 1. The number of hydrogen-bond donors (Lipinski definition) is 2. The van der Waals surface area contributed by atoms with Gasteiger partial charge >= 0.3 is 0 Å². The van der Waals surface area contributed by atoms with Gasteiger partial charge in [-0.05, 0) is 44.5 Å². The van der Waals surface area contributed by atoms with Crippen molar-refractivity contribution >= 4 is 10.9 Å². The molecule has 1 aromatic heterocycles. The molecular weight excluding hydrogens is 236 g/mol. The van der Waals surface area contributed by atoms with Crippen molar-refractivity contribution in [3.63, 3.8) is 0 Å². The van der Waals surface area contributed by atoms with Crippen LogP contribution in [0, 0.1) is 0 Å². The molecule has 1 aliphatic rings. The van der Waals surface area contributed by atoms with Gasteiger partial charge < -0.3 is 10.4 Å². The van der Waals surface area contributed by atoms with Crippen molar-refractivity contribution in [3.8, 4) is 0 Å². The van der Waals surface area contributed by atoms with Crippen molar-refractivity contribution in [2.75, 3.05) is 19.7 Å². The number of fused-ring (bicyclic) bond motifs is 1. The first-order chi connectivity index (χ1) is 9.34. The molecule has 0 atom stereocenters. The van der Waals surface area contributed by atoms with E-state index in [4.69, 9.17) is 4.98 Å². The highest BCUT2D eigenvalue weighted by atomic mass is 16.3. The van der Waals surface area contributed by atoms with Gasteiger partial charge in [0, 0.05) is 23.1 Å². The Morgan fingerprint density at radius 3 is 2.68 bits per heavy atom. The van der Waals surface area contributed by atoms with Crippen LogP contribution in [-0.4, -0.2) is 29.8 Å². The van der Waals surface area contributed by atoms with Crippen LogP contribution in [0.1, 0.15) is 25.0 Å². The predicted octanol–water partition coefficient (Wildman–Crippen LogP) is 2.24. The molecule has 2 N–H and O–H groups in total. The second-order valence-electron chi connectivity index (χ2n) is 5.39. The van der Waals surface area contributed by atoms with Crippen LogP contribution in [0.4, 0.5) is 0 Å². The van der Waals surface area contributed by atoms with Crippen molar-refractivity contribution in [3.05, 3.63) is 42.1 Å². The minimum absolute atomic E-state index is 0.0457. The Bertz CT molecular complexity index is 556. The van der Waals surface area contributed by atoms with E-state index in [-0.39, 0.29) is 12.0 Å². The molecule has 0 amide bonds. The third kappa shape index (κ3) is 2.36. The first-order valence-corrected chi connectivity index (χ1v) is 7.02. The lowest BCUT2D eigenvalue weighted by atomic mass is 9.73. The van der Waals surface area contributed by atoms with Crippen LogP contribution < -0.4 is 5.32 Å². The van der Waals surface area contributed by atoms with Gasteiger partial charge in [0.1, 0.15) is 0 Å². The monoisotopic (exact) mass is 256 g/mol. The zero-order valence-corrected chi connectivity index (χ0v) is 11.1. The van der Waals surface area contributed by atoms with Gasteiger partial charge in [0.2, 0.25) is 0 Å². The highest BCUT2D eigenvalue weighted by Crippen LogP contribution is 2.36. The Hall–Kier alpha value is -1.45. The molecule has 2 aromatic rings. The van der Waals surface area contributed by atoms with Gasteiger partial charge in [-0.15, -0.1) is 0 Å². The summed E-state index contributed by atoms with van der Waals surface area (Å²) >= 11 is 0. The molecule has 100 valence electrons. The lowest BCUT2D eigenvalue weighted by molar-refractivity contribution is 0.201. The maximum atomic E-state index is 9.41.